The standard InChI is InChI=1S/C11H13FO2/c1-7-4-9(5-8(2)13)6-10(12)11(7)14-3/h4,6H,5H2,1-3H3. The second-order valence-electron chi connectivity index (χ2n) is 3.31. The number of hydrogen-bond acceptors (Lipinski definition) is 2. The van der Waals surface area contributed by atoms with E-state index in [0.29, 0.717) is 11.1 Å². The lowest BCUT2D eigenvalue weighted by atomic mass is 10.1. The molecule has 0 aliphatic carbocycles. The second-order valence-corrected chi connectivity index (χ2v) is 3.31. The first-order chi connectivity index (χ1) is 6.54. The van der Waals surface area contributed by atoms with Crippen molar-refractivity contribution < 1.29 is 13.9 Å². The highest BCUT2D eigenvalue weighted by atomic mass is 19.1. The van der Waals surface area contributed by atoms with Crippen LogP contribution in [0.1, 0.15) is 18.1 Å². The summed E-state index contributed by atoms with van der Waals surface area (Å²) in [5.41, 5.74) is 1.40. The number of carbonyl (C=O) groups is 1. The van der Waals surface area contributed by atoms with E-state index in [1.807, 2.05) is 0 Å². The molecular weight excluding hydrogens is 183 g/mol. The van der Waals surface area contributed by atoms with Crippen LogP contribution in [0.4, 0.5) is 4.39 Å². The van der Waals surface area contributed by atoms with Crippen LogP contribution in [0.15, 0.2) is 12.1 Å². The number of ether oxygens (including phenoxy) is 1. The molecule has 2 nitrogen and oxygen atoms in total. The van der Waals surface area contributed by atoms with Crippen molar-refractivity contribution in [1.82, 2.24) is 0 Å². The number of benzene rings is 1. The number of halogens is 1. The van der Waals surface area contributed by atoms with Crippen LogP contribution in [0.2, 0.25) is 0 Å². The van der Waals surface area contributed by atoms with Crippen LogP contribution in [-0.2, 0) is 11.2 Å². The Morgan fingerprint density at radius 3 is 2.57 bits per heavy atom. The van der Waals surface area contributed by atoms with Gasteiger partial charge in [0.2, 0.25) is 0 Å². The minimum Gasteiger partial charge on any atom is -0.493 e. The molecule has 3 heteroatoms. The van der Waals surface area contributed by atoms with Gasteiger partial charge in [0, 0.05) is 6.42 Å². The van der Waals surface area contributed by atoms with Crippen LogP contribution < -0.4 is 4.74 Å². The monoisotopic (exact) mass is 196 g/mol. The van der Waals surface area contributed by atoms with Gasteiger partial charge in [0.25, 0.3) is 0 Å². The number of methoxy groups -OCH3 is 1. The van der Waals surface area contributed by atoms with E-state index < -0.39 is 5.82 Å². The van der Waals surface area contributed by atoms with Crippen LogP contribution in [0, 0.1) is 12.7 Å². The second kappa shape index (κ2) is 4.22. The van der Waals surface area contributed by atoms with E-state index in [1.54, 1.807) is 13.0 Å². The molecule has 0 aliphatic rings. The summed E-state index contributed by atoms with van der Waals surface area (Å²) >= 11 is 0. The van der Waals surface area contributed by atoms with Gasteiger partial charge in [0.1, 0.15) is 5.78 Å². The lowest BCUT2D eigenvalue weighted by Gasteiger charge is -2.07. The molecule has 0 heterocycles. The van der Waals surface area contributed by atoms with Crippen molar-refractivity contribution in [3.05, 3.63) is 29.1 Å². The lowest BCUT2D eigenvalue weighted by Crippen LogP contribution is -1.99. The number of rotatable bonds is 3. The highest BCUT2D eigenvalue weighted by Gasteiger charge is 2.09. The highest BCUT2D eigenvalue weighted by molar-refractivity contribution is 5.78. The molecule has 0 aliphatic heterocycles. The topological polar surface area (TPSA) is 26.3 Å². The van der Waals surface area contributed by atoms with Crippen molar-refractivity contribution in [3.8, 4) is 5.75 Å². The first kappa shape index (κ1) is 10.7. The summed E-state index contributed by atoms with van der Waals surface area (Å²) in [6.45, 7) is 3.24. The van der Waals surface area contributed by atoms with Gasteiger partial charge >= 0.3 is 0 Å². The van der Waals surface area contributed by atoms with Crippen molar-refractivity contribution in [1.29, 1.82) is 0 Å². The van der Waals surface area contributed by atoms with Gasteiger partial charge in [0.05, 0.1) is 7.11 Å². The van der Waals surface area contributed by atoms with Gasteiger partial charge in [-0.25, -0.2) is 4.39 Å². The first-order valence-corrected chi connectivity index (χ1v) is 4.37. The van der Waals surface area contributed by atoms with Crippen LogP contribution >= 0.6 is 0 Å². The fraction of sp³-hybridized carbons (Fsp3) is 0.364. The molecular formula is C11H13FO2. The molecule has 0 saturated carbocycles. The molecule has 0 radical (unpaired) electrons. The molecule has 0 unspecified atom stereocenters. The van der Waals surface area contributed by atoms with E-state index in [-0.39, 0.29) is 18.0 Å². The van der Waals surface area contributed by atoms with Gasteiger partial charge in [-0.05, 0) is 31.0 Å². The van der Waals surface area contributed by atoms with Gasteiger partial charge < -0.3 is 4.74 Å². The minimum atomic E-state index is -0.413. The summed E-state index contributed by atoms with van der Waals surface area (Å²) in [4.78, 5) is 10.8. The Hall–Kier alpha value is -1.38. The van der Waals surface area contributed by atoms with E-state index in [2.05, 4.69) is 0 Å². The van der Waals surface area contributed by atoms with Crippen LogP contribution in [0.25, 0.3) is 0 Å². The normalized spacial score (nSPS) is 10.0. The Morgan fingerprint density at radius 2 is 2.14 bits per heavy atom. The summed E-state index contributed by atoms with van der Waals surface area (Å²) in [5, 5.41) is 0. The highest BCUT2D eigenvalue weighted by Crippen LogP contribution is 2.23. The fourth-order valence-corrected chi connectivity index (χ4v) is 1.45. The summed E-state index contributed by atoms with van der Waals surface area (Å²) in [6.07, 6.45) is 0.266. The third kappa shape index (κ3) is 2.31. The molecule has 14 heavy (non-hydrogen) atoms. The maximum Gasteiger partial charge on any atom is 0.165 e. The zero-order valence-electron chi connectivity index (χ0n) is 8.56. The van der Waals surface area contributed by atoms with E-state index in [0.717, 1.165) is 0 Å². The smallest absolute Gasteiger partial charge is 0.165 e. The number of Topliss-reactive ketones (excluding diaryl/α,β-unsaturated/α-hetero) is 1. The van der Waals surface area contributed by atoms with Gasteiger partial charge in [-0.1, -0.05) is 6.07 Å². The molecule has 1 aromatic rings. The van der Waals surface area contributed by atoms with Crippen molar-refractivity contribution in [2.24, 2.45) is 0 Å². The number of hydrogen-bond donors (Lipinski definition) is 0. The Labute approximate surface area is 82.7 Å². The van der Waals surface area contributed by atoms with Crippen molar-refractivity contribution >= 4 is 5.78 Å². The third-order valence-electron chi connectivity index (χ3n) is 1.95. The largest absolute Gasteiger partial charge is 0.493 e. The number of aryl methyl sites for hydroxylation is 1. The molecule has 0 fully saturated rings. The van der Waals surface area contributed by atoms with E-state index >= 15 is 0 Å². The summed E-state index contributed by atoms with van der Waals surface area (Å²) in [7, 11) is 1.43. The lowest BCUT2D eigenvalue weighted by molar-refractivity contribution is -0.116. The summed E-state index contributed by atoms with van der Waals surface area (Å²) in [6, 6.07) is 3.11. The molecule has 0 atom stereocenters. The Bertz CT molecular complexity index is 335. The van der Waals surface area contributed by atoms with Gasteiger partial charge in [-0.2, -0.15) is 0 Å². The van der Waals surface area contributed by atoms with Gasteiger partial charge in [-0.3, -0.25) is 4.79 Å². The molecule has 0 spiro atoms. The quantitative estimate of drug-likeness (QED) is 0.741. The van der Waals surface area contributed by atoms with Gasteiger partial charge in [0.15, 0.2) is 11.6 Å². The van der Waals surface area contributed by atoms with Crippen LogP contribution in [-0.4, -0.2) is 12.9 Å². The molecule has 76 valence electrons. The summed E-state index contributed by atoms with van der Waals surface area (Å²) < 4.78 is 18.2. The molecule has 1 aromatic carbocycles. The van der Waals surface area contributed by atoms with E-state index in [4.69, 9.17) is 4.74 Å². The summed E-state index contributed by atoms with van der Waals surface area (Å²) in [5.74, 6) is -0.144. The zero-order valence-corrected chi connectivity index (χ0v) is 8.56. The first-order valence-electron chi connectivity index (χ1n) is 4.37. The average Bonchev–Trinajstić information content (AvgIpc) is 2.01. The predicted molar refractivity (Wildman–Crippen MR) is 52.1 cm³/mol. The van der Waals surface area contributed by atoms with Gasteiger partial charge in [-0.15, -0.1) is 0 Å². The SMILES string of the molecule is COc1c(C)cc(CC(C)=O)cc1F. The Morgan fingerprint density at radius 1 is 1.50 bits per heavy atom. The van der Waals surface area contributed by atoms with E-state index in [9.17, 15) is 9.18 Å². The van der Waals surface area contributed by atoms with Crippen molar-refractivity contribution in [2.45, 2.75) is 20.3 Å². The zero-order chi connectivity index (χ0) is 10.7. The molecule has 0 bridgehead atoms. The number of ketones is 1. The molecule has 0 amide bonds. The molecule has 0 aromatic heterocycles. The Balaban J connectivity index is 3.07. The Kier molecular flexibility index (Phi) is 3.23. The molecule has 0 saturated heterocycles. The maximum atomic E-state index is 13.3. The van der Waals surface area contributed by atoms with Crippen molar-refractivity contribution in [2.75, 3.05) is 7.11 Å². The maximum absolute atomic E-state index is 13.3. The fourth-order valence-electron chi connectivity index (χ4n) is 1.45. The average molecular weight is 196 g/mol. The third-order valence-corrected chi connectivity index (χ3v) is 1.95. The van der Waals surface area contributed by atoms with Crippen LogP contribution in [0.3, 0.4) is 0 Å². The predicted octanol–water partition coefficient (Wildman–Crippen LogP) is 2.27. The molecule has 1 rings (SSSR count). The number of carbonyl (C=O) groups excluding carboxylic acids is 1. The van der Waals surface area contributed by atoms with Crippen LogP contribution in [0.5, 0.6) is 5.75 Å². The minimum absolute atomic E-state index is 0.0222. The van der Waals surface area contributed by atoms with E-state index in [1.165, 1.54) is 20.1 Å². The molecule has 0 N–H and O–H groups in total. The van der Waals surface area contributed by atoms with Crippen molar-refractivity contribution in [3.63, 3.8) is 0 Å².